The molecule has 74 valence electrons. The number of aryl methyl sites for hydroxylation is 1. The van der Waals surface area contributed by atoms with E-state index in [1.807, 2.05) is 23.9 Å². The molecule has 1 saturated carbocycles. The first-order valence-corrected chi connectivity index (χ1v) is 5.22. The van der Waals surface area contributed by atoms with Gasteiger partial charge in [0.15, 0.2) is 0 Å². The van der Waals surface area contributed by atoms with E-state index in [1.165, 1.54) is 12.8 Å². The van der Waals surface area contributed by atoms with Crippen LogP contribution in [0.3, 0.4) is 0 Å². The van der Waals surface area contributed by atoms with Gasteiger partial charge in [-0.25, -0.2) is 0 Å². The molecule has 1 fully saturated rings. The Labute approximate surface area is 84.3 Å². The molecule has 0 aromatic carbocycles. The van der Waals surface area contributed by atoms with Gasteiger partial charge in [-0.1, -0.05) is 12.8 Å². The van der Waals surface area contributed by atoms with Gasteiger partial charge < -0.3 is 0 Å². The number of nitrogens with zero attached hydrogens (tertiary/aromatic N) is 3. The lowest BCUT2D eigenvalue weighted by molar-refractivity contribution is 0.270. The average Bonchev–Trinajstić information content (AvgIpc) is 2.65. The molecule has 0 amide bonds. The molecule has 0 spiro atoms. The highest BCUT2D eigenvalue weighted by Crippen LogP contribution is 2.32. The summed E-state index contributed by atoms with van der Waals surface area (Å²) < 4.78 is 1.97. The third-order valence-electron chi connectivity index (χ3n) is 2.98. The molecule has 1 aliphatic carbocycles. The normalized spacial score (nSPS) is 27.1. The van der Waals surface area contributed by atoms with E-state index in [9.17, 15) is 0 Å². The molecule has 3 heteroatoms. The van der Waals surface area contributed by atoms with E-state index in [1.54, 1.807) is 0 Å². The van der Waals surface area contributed by atoms with Crippen LogP contribution in [0.15, 0.2) is 12.3 Å². The van der Waals surface area contributed by atoms with E-state index in [-0.39, 0.29) is 5.92 Å². The topological polar surface area (TPSA) is 41.6 Å². The minimum absolute atomic E-state index is 0.156. The first kappa shape index (κ1) is 9.26. The summed E-state index contributed by atoms with van der Waals surface area (Å²) in [5.41, 5.74) is 1.03. The Morgan fingerprint density at radius 1 is 1.50 bits per heavy atom. The van der Waals surface area contributed by atoms with Crippen molar-refractivity contribution in [3.05, 3.63) is 18.0 Å². The van der Waals surface area contributed by atoms with Crippen LogP contribution in [-0.2, 0) is 0 Å². The smallest absolute Gasteiger partial charge is 0.0687 e. The van der Waals surface area contributed by atoms with Crippen LogP contribution < -0.4 is 0 Å². The fourth-order valence-corrected chi connectivity index (χ4v) is 2.20. The minimum Gasteiger partial charge on any atom is -0.268 e. The van der Waals surface area contributed by atoms with Crippen molar-refractivity contribution in [3.63, 3.8) is 0 Å². The van der Waals surface area contributed by atoms with E-state index < -0.39 is 0 Å². The van der Waals surface area contributed by atoms with Crippen molar-refractivity contribution in [1.29, 1.82) is 5.26 Å². The largest absolute Gasteiger partial charge is 0.268 e. The molecule has 0 bridgehead atoms. The Bertz CT molecular complexity index is 348. The molecule has 1 heterocycles. The average molecular weight is 189 g/mol. The second kappa shape index (κ2) is 3.83. The Balaban J connectivity index is 2.19. The van der Waals surface area contributed by atoms with Gasteiger partial charge >= 0.3 is 0 Å². The van der Waals surface area contributed by atoms with Crippen LogP contribution >= 0.6 is 0 Å². The van der Waals surface area contributed by atoms with Crippen LogP contribution in [0, 0.1) is 24.2 Å². The third kappa shape index (κ3) is 1.65. The lowest BCUT2D eigenvalue weighted by Gasteiger charge is -2.26. The number of hydrogen-bond acceptors (Lipinski definition) is 2. The van der Waals surface area contributed by atoms with Crippen LogP contribution in [0.2, 0.25) is 0 Å². The molecule has 0 aliphatic heterocycles. The summed E-state index contributed by atoms with van der Waals surface area (Å²) >= 11 is 0. The quantitative estimate of drug-likeness (QED) is 0.681. The van der Waals surface area contributed by atoms with E-state index in [4.69, 9.17) is 5.26 Å². The van der Waals surface area contributed by atoms with Gasteiger partial charge in [-0.05, 0) is 25.8 Å². The van der Waals surface area contributed by atoms with E-state index >= 15 is 0 Å². The summed E-state index contributed by atoms with van der Waals surface area (Å²) in [4.78, 5) is 0. The summed E-state index contributed by atoms with van der Waals surface area (Å²) in [6.45, 7) is 1.99. The van der Waals surface area contributed by atoms with E-state index in [0.29, 0.717) is 6.04 Å². The molecule has 2 rings (SSSR count). The van der Waals surface area contributed by atoms with Gasteiger partial charge in [-0.2, -0.15) is 10.4 Å². The SMILES string of the molecule is Cc1ccn(C2CCCCC2C#N)n1. The summed E-state index contributed by atoms with van der Waals surface area (Å²) in [6.07, 6.45) is 6.53. The van der Waals surface area contributed by atoms with Crippen LogP contribution in [-0.4, -0.2) is 9.78 Å². The van der Waals surface area contributed by atoms with Crippen molar-refractivity contribution < 1.29 is 0 Å². The van der Waals surface area contributed by atoms with Gasteiger partial charge in [0.25, 0.3) is 0 Å². The predicted octanol–water partition coefficient (Wildman–Crippen LogP) is 2.45. The van der Waals surface area contributed by atoms with Crippen molar-refractivity contribution in [3.8, 4) is 6.07 Å². The predicted molar refractivity (Wildman–Crippen MR) is 53.6 cm³/mol. The second-order valence-corrected chi connectivity index (χ2v) is 4.02. The molecule has 0 saturated heterocycles. The molecule has 2 unspecified atom stereocenters. The molecular formula is C11H15N3. The van der Waals surface area contributed by atoms with Crippen molar-refractivity contribution >= 4 is 0 Å². The maximum atomic E-state index is 9.04. The Morgan fingerprint density at radius 2 is 2.29 bits per heavy atom. The van der Waals surface area contributed by atoms with Gasteiger partial charge in [-0.3, -0.25) is 4.68 Å². The Kier molecular flexibility index (Phi) is 2.53. The molecular weight excluding hydrogens is 174 g/mol. The molecule has 2 atom stereocenters. The van der Waals surface area contributed by atoms with Crippen molar-refractivity contribution in [2.45, 2.75) is 38.6 Å². The van der Waals surface area contributed by atoms with Gasteiger partial charge in [0.05, 0.1) is 23.7 Å². The maximum absolute atomic E-state index is 9.04. The first-order chi connectivity index (χ1) is 6.81. The Morgan fingerprint density at radius 3 is 2.93 bits per heavy atom. The maximum Gasteiger partial charge on any atom is 0.0687 e. The molecule has 3 nitrogen and oxygen atoms in total. The summed E-state index contributed by atoms with van der Waals surface area (Å²) in [6, 6.07) is 4.71. The lowest BCUT2D eigenvalue weighted by Crippen LogP contribution is -2.22. The summed E-state index contributed by atoms with van der Waals surface area (Å²) in [5.74, 6) is 0.156. The summed E-state index contributed by atoms with van der Waals surface area (Å²) in [7, 11) is 0. The highest BCUT2D eigenvalue weighted by molar-refractivity contribution is 5.00. The second-order valence-electron chi connectivity index (χ2n) is 4.02. The minimum atomic E-state index is 0.156. The fourth-order valence-electron chi connectivity index (χ4n) is 2.20. The lowest BCUT2D eigenvalue weighted by atomic mass is 9.86. The zero-order valence-electron chi connectivity index (χ0n) is 8.48. The number of rotatable bonds is 1. The van der Waals surface area contributed by atoms with E-state index in [0.717, 1.165) is 18.5 Å². The monoisotopic (exact) mass is 189 g/mol. The van der Waals surface area contributed by atoms with Crippen LogP contribution in [0.4, 0.5) is 0 Å². The van der Waals surface area contributed by atoms with Crippen LogP contribution in [0.1, 0.15) is 37.4 Å². The molecule has 1 aromatic heterocycles. The molecule has 1 aromatic rings. The Hall–Kier alpha value is -1.30. The van der Waals surface area contributed by atoms with Crippen LogP contribution in [0.5, 0.6) is 0 Å². The molecule has 0 N–H and O–H groups in total. The standard InChI is InChI=1S/C11H15N3/c1-9-6-7-14(13-9)11-5-3-2-4-10(11)8-12/h6-7,10-11H,2-5H2,1H3. The molecule has 0 radical (unpaired) electrons. The van der Waals surface area contributed by atoms with Gasteiger partial charge in [0, 0.05) is 6.20 Å². The van der Waals surface area contributed by atoms with Crippen molar-refractivity contribution in [2.75, 3.05) is 0 Å². The number of aromatic nitrogens is 2. The van der Waals surface area contributed by atoms with E-state index in [2.05, 4.69) is 11.2 Å². The highest BCUT2D eigenvalue weighted by Gasteiger charge is 2.26. The first-order valence-electron chi connectivity index (χ1n) is 5.22. The van der Waals surface area contributed by atoms with Crippen molar-refractivity contribution in [1.82, 2.24) is 9.78 Å². The fraction of sp³-hybridized carbons (Fsp3) is 0.636. The molecule has 14 heavy (non-hydrogen) atoms. The van der Waals surface area contributed by atoms with Crippen LogP contribution in [0.25, 0.3) is 0 Å². The number of hydrogen-bond donors (Lipinski definition) is 0. The molecule has 1 aliphatic rings. The number of nitriles is 1. The van der Waals surface area contributed by atoms with Gasteiger partial charge in [0.2, 0.25) is 0 Å². The van der Waals surface area contributed by atoms with Gasteiger partial charge in [-0.15, -0.1) is 0 Å². The highest BCUT2D eigenvalue weighted by atomic mass is 15.3. The zero-order valence-corrected chi connectivity index (χ0v) is 8.48. The van der Waals surface area contributed by atoms with Gasteiger partial charge in [0.1, 0.15) is 0 Å². The summed E-state index contributed by atoms with van der Waals surface area (Å²) in [5, 5.41) is 13.4. The third-order valence-corrected chi connectivity index (χ3v) is 2.98. The van der Waals surface area contributed by atoms with Crippen molar-refractivity contribution in [2.24, 2.45) is 5.92 Å². The zero-order chi connectivity index (χ0) is 9.97.